The van der Waals surface area contributed by atoms with Crippen molar-refractivity contribution in [3.8, 4) is 0 Å². The van der Waals surface area contributed by atoms with Crippen molar-refractivity contribution in [2.75, 3.05) is 12.3 Å². The van der Waals surface area contributed by atoms with Gasteiger partial charge in [0.05, 0.1) is 11.4 Å². The maximum absolute atomic E-state index is 11.7. The number of nitrogen functional groups attached to an aromatic ring is 1. The highest BCUT2D eigenvalue weighted by molar-refractivity contribution is 5.98. The van der Waals surface area contributed by atoms with Gasteiger partial charge >= 0.3 is 0 Å². The van der Waals surface area contributed by atoms with E-state index in [1.54, 1.807) is 17.7 Å². The van der Waals surface area contributed by atoms with Crippen molar-refractivity contribution in [2.45, 2.75) is 20.4 Å². The molecular weight excluding hydrogens is 192 g/mol. The third-order valence-electron chi connectivity index (χ3n) is 2.10. The first-order valence-electron chi connectivity index (χ1n) is 4.83. The van der Waals surface area contributed by atoms with E-state index in [4.69, 9.17) is 5.73 Å². The van der Waals surface area contributed by atoms with E-state index in [0.29, 0.717) is 30.2 Å². The molecule has 1 heterocycles. The molecule has 0 aliphatic heterocycles. The minimum atomic E-state index is -0.213. The van der Waals surface area contributed by atoms with Crippen molar-refractivity contribution in [3.63, 3.8) is 0 Å². The van der Waals surface area contributed by atoms with Crippen LogP contribution < -0.4 is 11.1 Å². The summed E-state index contributed by atoms with van der Waals surface area (Å²) in [4.78, 5) is 11.7. The number of aryl methyl sites for hydroxylation is 2. The molecule has 0 saturated carbocycles. The molecule has 1 aromatic heterocycles. The second kappa shape index (κ2) is 4.63. The fraction of sp³-hybridized carbons (Fsp3) is 0.400. The summed E-state index contributed by atoms with van der Waals surface area (Å²) in [6, 6.07) is 0. The molecule has 1 rings (SSSR count). The molecule has 5 heteroatoms. The van der Waals surface area contributed by atoms with Crippen LogP contribution >= 0.6 is 0 Å². The fourth-order valence-electron chi connectivity index (χ4n) is 1.31. The van der Waals surface area contributed by atoms with Crippen molar-refractivity contribution in [2.24, 2.45) is 0 Å². The maximum atomic E-state index is 11.7. The number of rotatable bonds is 4. The van der Waals surface area contributed by atoms with Crippen molar-refractivity contribution in [3.05, 3.63) is 24.0 Å². The van der Waals surface area contributed by atoms with Gasteiger partial charge in [0.25, 0.3) is 5.91 Å². The number of amides is 1. The summed E-state index contributed by atoms with van der Waals surface area (Å²) in [6.45, 7) is 8.27. The third kappa shape index (κ3) is 2.18. The Hall–Kier alpha value is -1.78. The van der Waals surface area contributed by atoms with E-state index in [1.165, 1.54) is 0 Å². The average Bonchev–Trinajstić information content (AvgIpc) is 2.51. The number of anilines is 1. The number of nitrogens with zero attached hydrogens (tertiary/aromatic N) is 2. The molecule has 3 N–H and O–H groups in total. The first-order chi connectivity index (χ1) is 7.11. The molecule has 0 radical (unpaired) electrons. The molecule has 1 amide bonds. The van der Waals surface area contributed by atoms with Crippen LogP contribution in [0.5, 0.6) is 0 Å². The zero-order valence-corrected chi connectivity index (χ0v) is 9.08. The van der Waals surface area contributed by atoms with Gasteiger partial charge in [0.1, 0.15) is 5.69 Å². The number of hydrogen-bond donors (Lipinski definition) is 2. The molecule has 82 valence electrons. The number of nitrogens with one attached hydrogen (secondary N) is 1. The van der Waals surface area contributed by atoms with Gasteiger partial charge in [0.15, 0.2) is 0 Å². The highest BCUT2D eigenvalue weighted by Crippen LogP contribution is 2.15. The van der Waals surface area contributed by atoms with Crippen LogP contribution in [-0.2, 0) is 6.54 Å². The second-order valence-corrected chi connectivity index (χ2v) is 3.16. The smallest absolute Gasteiger partial charge is 0.271 e. The van der Waals surface area contributed by atoms with Crippen molar-refractivity contribution < 1.29 is 4.79 Å². The summed E-state index contributed by atoms with van der Waals surface area (Å²) in [5.74, 6) is -0.213. The third-order valence-corrected chi connectivity index (χ3v) is 2.10. The van der Waals surface area contributed by atoms with Crippen LogP contribution in [0.25, 0.3) is 0 Å². The van der Waals surface area contributed by atoms with Gasteiger partial charge in [-0.2, -0.15) is 5.10 Å². The summed E-state index contributed by atoms with van der Waals surface area (Å²) < 4.78 is 1.60. The first-order valence-corrected chi connectivity index (χ1v) is 4.83. The molecule has 0 fully saturated rings. The number of carbonyl (C=O) groups excluding carboxylic acids is 1. The Morgan fingerprint density at radius 3 is 2.93 bits per heavy atom. The van der Waals surface area contributed by atoms with Crippen LogP contribution in [-0.4, -0.2) is 22.2 Å². The monoisotopic (exact) mass is 208 g/mol. The highest BCUT2D eigenvalue weighted by Gasteiger charge is 2.17. The van der Waals surface area contributed by atoms with Crippen LogP contribution in [0.1, 0.15) is 23.1 Å². The lowest BCUT2D eigenvalue weighted by molar-refractivity contribution is 0.0948. The molecule has 0 aromatic carbocycles. The lowest BCUT2D eigenvalue weighted by atomic mass is 10.3. The molecule has 0 aliphatic rings. The van der Waals surface area contributed by atoms with Gasteiger partial charge in [0.2, 0.25) is 0 Å². The Labute approximate surface area is 89.0 Å². The zero-order valence-electron chi connectivity index (χ0n) is 9.08. The zero-order chi connectivity index (χ0) is 11.4. The van der Waals surface area contributed by atoms with E-state index in [0.717, 1.165) is 0 Å². The largest absolute Gasteiger partial charge is 0.395 e. The lowest BCUT2D eigenvalue weighted by Gasteiger charge is -2.05. The van der Waals surface area contributed by atoms with Crippen molar-refractivity contribution in [1.29, 1.82) is 0 Å². The predicted molar refractivity (Wildman–Crippen MR) is 59.6 cm³/mol. The van der Waals surface area contributed by atoms with Crippen molar-refractivity contribution >= 4 is 11.6 Å². The highest BCUT2D eigenvalue weighted by atomic mass is 16.2. The number of aromatic nitrogens is 2. The van der Waals surface area contributed by atoms with Crippen LogP contribution in [0.15, 0.2) is 12.7 Å². The molecule has 0 atom stereocenters. The Kier molecular flexibility index (Phi) is 3.49. The fourth-order valence-corrected chi connectivity index (χ4v) is 1.31. The molecule has 0 saturated heterocycles. The molecule has 5 nitrogen and oxygen atoms in total. The number of carbonyl (C=O) groups is 1. The average molecular weight is 208 g/mol. The van der Waals surface area contributed by atoms with Gasteiger partial charge in [-0.05, 0) is 13.8 Å². The van der Waals surface area contributed by atoms with Gasteiger partial charge in [0, 0.05) is 13.1 Å². The molecular formula is C10H16N4O. The first kappa shape index (κ1) is 11.3. The quantitative estimate of drug-likeness (QED) is 0.716. The summed E-state index contributed by atoms with van der Waals surface area (Å²) >= 11 is 0. The van der Waals surface area contributed by atoms with Gasteiger partial charge < -0.3 is 11.1 Å². The predicted octanol–water partition coefficient (Wildman–Crippen LogP) is 0.709. The topological polar surface area (TPSA) is 72.9 Å². The van der Waals surface area contributed by atoms with E-state index in [-0.39, 0.29) is 5.91 Å². The van der Waals surface area contributed by atoms with E-state index in [9.17, 15) is 4.79 Å². The molecule has 0 aliphatic carbocycles. The minimum Gasteiger partial charge on any atom is -0.395 e. The number of hydrogen-bond acceptors (Lipinski definition) is 3. The summed E-state index contributed by atoms with van der Waals surface area (Å²) in [5, 5.41) is 6.84. The Morgan fingerprint density at radius 1 is 1.73 bits per heavy atom. The van der Waals surface area contributed by atoms with Crippen LogP contribution in [0.3, 0.4) is 0 Å². The van der Waals surface area contributed by atoms with Crippen molar-refractivity contribution in [1.82, 2.24) is 15.1 Å². The Balaban J connectivity index is 3.00. The number of nitrogens with two attached hydrogens (primary N) is 1. The van der Waals surface area contributed by atoms with Crippen LogP contribution in [0.4, 0.5) is 5.69 Å². The SMILES string of the molecule is C=CCNC(=O)c1c(N)c(C)nn1CC. The van der Waals surface area contributed by atoms with Gasteiger partial charge in [-0.15, -0.1) is 6.58 Å². The Bertz CT molecular complexity index is 381. The minimum absolute atomic E-state index is 0.213. The molecule has 0 spiro atoms. The van der Waals surface area contributed by atoms with E-state index in [2.05, 4.69) is 17.0 Å². The van der Waals surface area contributed by atoms with E-state index < -0.39 is 0 Å². The van der Waals surface area contributed by atoms with Crippen LogP contribution in [0.2, 0.25) is 0 Å². The summed E-state index contributed by atoms with van der Waals surface area (Å²) in [6.07, 6.45) is 1.62. The molecule has 0 unspecified atom stereocenters. The van der Waals surface area contributed by atoms with Gasteiger partial charge in [-0.25, -0.2) is 0 Å². The lowest BCUT2D eigenvalue weighted by Crippen LogP contribution is -2.26. The summed E-state index contributed by atoms with van der Waals surface area (Å²) in [5.41, 5.74) is 7.33. The van der Waals surface area contributed by atoms with E-state index >= 15 is 0 Å². The van der Waals surface area contributed by atoms with Crippen LogP contribution in [0, 0.1) is 6.92 Å². The second-order valence-electron chi connectivity index (χ2n) is 3.16. The molecule has 0 bridgehead atoms. The van der Waals surface area contributed by atoms with E-state index in [1.807, 2.05) is 6.92 Å². The summed E-state index contributed by atoms with van der Waals surface area (Å²) in [7, 11) is 0. The Morgan fingerprint density at radius 2 is 2.40 bits per heavy atom. The van der Waals surface area contributed by atoms with Gasteiger partial charge in [-0.1, -0.05) is 6.08 Å². The molecule has 1 aromatic rings. The normalized spacial score (nSPS) is 10.0. The van der Waals surface area contributed by atoms with Gasteiger partial charge in [-0.3, -0.25) is 9.48 Å². The molecule has 15 heavy (non-hydrogen) atoms. The standard InChI is InChI=1S/C10H16N4O/c1-4-6-12-10(15)9-8(11)7(3)13-14(9)5-2/h4H,1,5-6,11H2,2-3H3,(H,12,15). The maximum Gasteiger partial charge on any atom is 0.271 e.